The number of anilines is 1. The predicted octanol–water partition coefficient (Wildman–Crippen LogP) is 3.63. The molecule has 1 amide bonds. The normalized spacial score (nSPS) is 14.3. The number of hydrogen-bond acceptors (Lipinski definition) is 4. The van der Waals surface area contributed by atoms with Gasteiger partial charge in [-0.15, -0.1) is 0 Å². The van der Waals surface area contributed by atoms with E-state index in [1.54, 1.807) is 6.92 Å². The Kier molecular flexibility index (Phi) is 4.43. The zero-order valence-electron chi connectivity index (χ0n) is 13.7. The molecule has 1 fully saturated rings. The molecule has 0 aliphatic heterocycles. The first-order valence-electron chi connectivity index (χ1n) is 7.85. The number of carbonyl (C=O) groups is 1. The number of nitro benzene ring substituents is 1. The summed E-state index contributed by atoms with van der Waals surface area (Å²) in [7, 11) is 0. The molecule has 3 rings (SSSR count). The quantitative estimate of drug-likeness (QED) is 0.644. The third-order valence-corrected chi connectivity index (χ3v) is 4.09. The number of carbonyl (C=O) groups excluding carboxylic acids is 1. The lowest BCUT2D eigenvalue weighted by Gasteiger charge is -2.10. The average molecular weight is 368 g/mol. The molecule has 1 aromatic carbocycles. The van der Waals surface area contributed by atoms with E-state index in [4.69, 9.17) is 0 Å². The Morgan fingerprint density at radius 3 is 2.62 bits per heavy atom. The fraction of sp³-hybridized carbons (Fsp3) is 0.375. The number of halogens is 3. The van der Waals surface area contributed by atoms with E-state index in [1.807, 2.05) is 0 Å². The van der Waals surface area contributed by atoms with Crippen LogP contribution in [0.15, 0.2) is 24.3 Å². The highest BCUT2D eigenvalue weighted by Gasteiger charge is 2.38. The highest BCUT2D eigenvalue weighted by atomic mass is 19.4. The van der Waals surface area contributed by atoms with Gasteiger partial charge in [-0.25, -0.2) is 0 Å². The summed E-state index contributed by atoms with van der Waals surface area (Å²) >= 11 is 0. The van der Waals surface area contributed by atoms with E-state index in [-0.39, 0.29) is 18.2 Å². The summed E-state index contributed by atoms with van der Waals surface area (Å²) in [6.45, 7) is 1.23. The molecule has 1 saturated carbocycles. The van der Waals surface area contributed by atoms with Crippen molar-refractivity contribution in [3.05, 3.63) is 51.3 Å². The van der Waals surface area contributed by atoms with Crippen molar-refractivity contribution in [1.82, 2.24) is 9.78 Å². The monoisotopic (exact) mass is 368 g/mol. The van der Waals surface area contributed by atoms with Crippen LogP contribution in [0, 0.1) is 17.0 Å². The lowest BCUT2D eigenvalue weighted by molar-refractivity contribution is -0.384. The van der Waals surface area contributed by atoms with Gasteiger partial charge in [0.05, 0.1) is 4.92 Å². The maximum atomic E-state index is 12.9. The lowest BCUT2D eigenvalue weighted by atomic mass is 10.2. The summed E-state index contributed by atoms with van der Waals surface area (Å²) in [5, 5.41) is 16.8. The van der Waals surface area contributed by atoms with Crippen LogP contribution in [0.1, 0.15) is 35.7 Å². The molecule has 0 saturated heterocycles. The van der Waals surface area contributed by atoms with E-state index >= 15 is 0 Å². The van der Waals surface area contributed by atoms with Crippen LogP contribution in [0.2, 0.25) is 0 Å². The largest absolute Gasteiger partial charge is 0.435 e. The SMILES string of the molecule is Cc1cc([N+](=O)[O-])ccc1NC(=O)Cn1nc(C(F)(F)F)cc1C1CC1. The highest BCUT2D eigenvalue weighted by Crippen LogP contribution is 2.42. The number of nitrogens with zero attached hydrogens (tertiary/aromatic N) is 3. The van der Waals surface area contributed by atoms with Gasteiger partial charge < -0.3 is 5.32 Å². The van der Waals surface area contributed by atoms with E-state index in [0.717, 1.165) is 23.6 Å². The molecule has 0 bridgehead atoms. The lowest BCUT2D eigenvalue weighted by Crippen LogP contribution is -2.21. The molecule has 10 heteroatoms. The van der Waals surface area contributed by atoms with Crippen LogP contribution in [0.25, 0.3) is 0 Å². The molecule has 7 nitrogen and oxygen atoms in total. The van der Waals surface area contributed by atoms with Crippen molar-refractivity contribution in [1.29, 1.82) is 0 Å². The Balaban J connectivity index is 1.76. The van der Waals surface area contributed by atoms with Crippen molar-refractivity contribution >= 4 is 17.3 Å². The summed E-state index contributed by atoms with van der Waals surface area (Å²) in [6, 6.07) is 4.92. The molecular weight excluding hydrogens is 353 g/mol. The van der Waals surface area contributed by atoms with Gasteiger partial charge in [-0.05, 0) is 37.5 Å². The van der Waals surface area contributed by atoms with Gasteiger partial charge in [0, 0.05) is 29.4 Å². The fourth-order valence-corrected chi connectivity index (χ4v) is 2.63. The van der Waals surface area contributed by atoms with Crippen molar-refractivity contribution < 1.29 is 22.9 Å². The summed E-state index contributed by atoms with van der Waals surface area (Å²) in [5.41, 5.74) is 0.105. The van der Waals surface area contributed by atoms with Crippen LogP contribution < -0.4 is 5.32 Å². The molecule has 0 atom stereocenters. The number of hydrogen-bond donors (Lipinski definition) is 1. The number of benzene rings is 1. The summed E-state index contributed by atoms with van der Waals surface area (Å²) in [4.78, 5) is 22.4. The van der Waals surface area contributed by atoms with Gasteiger partial charge in [-0.1, -0.05) is 0 Å². The van der Waals surface area contributed by atoms with Crippen LogP contribution in [0.4, 0.5) is 24.5 Å². The van der Waals surface area contributed by atoms with Crippen molar-refractivity contribution in [2.75, 3.05) is 5.32 Å². The number of nitrogens with one attached hydrogen (secondary N) is 1. The number of aromatic nitrogens is 2. The molecule has 2 aromatic rings. The number of nitro groups is 1. The summed E-state index contributed by atoms with van der Waals surface area (Å²) in [6.07, 6.45) is -3.03. The van der Waals surface area contributed by atoms with Crippen LogP contribution in [0.3, 0.4) is 0 Å². The van der Waals surface area contributed by atoms with E-state index in [0.29, 0.717) is 16.9 Å². The number of non-ortho nitro benzene ring substituents is 1. The minimum absolute atomic E-state index is 0.00693. The Morgan fingerprint density at radius 1 is 1.38 bits per heavy atom. The Hall–Kier alpha value is -2.91. The first kappa shape index (κ1) is 17.9. The number of alkyl halides is 3. The Morgan fingerprint density at radius 2 is 2.08 bits per heavy atom. The summed E-state index contributed by atoms with van der Waals surface area (Å²) < 4.78 is 39.7. The smallest absolute Gasteiger partial charge is 0.324 e. The Bertz CT molecular complexity index is 872. The molecular formula is C16H15F3N4O3. The molecule has 0 unspecified atom stereocenters. The molecule has 1 aliphatic carbocycles. The number of amides is 1. The van der Waals surface area contributed by atoms with E-state index < -0.39 is 22.7 Å². The molecule has 0 radical (unpaired) electrons. The van der Waals surface area contributed by atoms with Gasteiger partial charge in [0.15, 0.2) is 5.69 Å². The van der Waals surface area contributed by atoms with E-state index in [1.165, 1.54) is 18.2 Å². The molecule has 1 N–H and O–H groups in total. The second kappa shape index (κ2) is 6.43. The van der Waals surface area contributed by atoms with Crippen LogP contribution in [0.5, 0.6) is 0 Å². The molecule has 1 heterocycles. The van der Waals surface area contributed by atoms with Gasteiger partial charge in [0.1, 0.15) is 6.54 Å². The second-order valence-electron chi connectivity index (χ2n) is 6.19. The first-order chi connectivity index (χ1) is 12.1. The third kappa shape index (κ3) is 3.84. The minimum Gasteiger partial charge on any atom is -0.324 e. The minimum atomic E-state index is -4.57. The van der Waals surface area contributed by atoms with Crippen LogP contribution in [-0.2, 0) is 17.5 Å². The van der Waals surface area contributed by atoms with Crippen molar-refractivity contribution in [3.8, 4) is 0 Å². The highest BCUT2D eigenvalue weighted by molar-refractivity contribution is 5.91. The zero-order chi connectivity index (χ0) is 19.1. The maximum absolute atomic E-state index is 12.9. The predicted molar refractivity (Wildman–Crippen MR) is 85.7 cm³/mol. The summed E-state index contributed by atoms with van der Waals surface area (Å²) in [5.74, 6) is -0.562. The van der Waals surface area contributed by atoms with E-state index in [9.17, 15) is 28.1 Å². The topological polar surface area (TPSA) is 90.1 Å². The van der Waals surface area contributed by atoms with Crippen LogP contribution >= 0.6 is 0 Å². The maximum Gasteiger partial charge on any atom is 0.435 e. The van der Waals surface area contributed by atoms with Crippen molar-refractivity contribution in [3.63, 3.8) is 0 Å². The van der Waals surface area contributed by atoms with Gasteiger partial charge in [-0.3, -0.25) is 19.6 Å². The van der Waals surface area contributed by atoms with Gasteiger partial charge in [-0.2, -0.15) is 18.3 Å². The van der Waals surface area contributed by atoms with Gasteiger partial charge in [0.25, 0.3) is 5.69 Å². The molecule has 0 spiro atoms. The Labute approximate surface area is 146 Å². The van der Waals surface area contributed by atoms with Crippen LogP contribution in [-0.4, -0.2) is 20.6 Å². The number of rotatable bonds is 5. The van der Waals surface area contributed by atoms with Gasteiger partial charge in [0.2, 0.25) is 5.91 Å². The van der Waals surface area contributed by atoms with Gasteiger partial charge >= 0.3 is 6.18 Å². The van der Waals surface area contributed by atoms with E-state index in [2.05, 4.69) is 10.4 Å². The molecule has 1 aromatic heterocycles. The average Bonchev–Trinajstić information content (AvgIpc) is 3.29. The zero-order valence-corrected chi connectivity index (χ0v) is 13.7. The molecule has 1 aliphatic rings. The fourth-order valence-electron chi connectivity index (χ4n) is 2.63. The third-order valence-electron chi connectivity index (χ3n) is 4.09. The number of aryl methyl sites for hydroxylation is 1. The second-order valence-corrected chi connectivity index (χ2v) is 6.19. The molecule has 138 valence electrons. The standard InChI is InChI=1S/C16H15F3N4O3/c1-9-6-11(23(25)26)4-5-12(9)20-15(24)8-22-13(10-2-3-10)7-14(21-22)16(17,18)19/h4-7,10H,2-3,8H2,1H3,(H,20,24). The van der Waals surface area contributed by atoms with Crippen molar-refractivity contribution in [2.45, 2.75) is 38.4 Å². The van der Waals surface area contributed by atoms with Crippen molar-refractivity contribution in [2.24, 2.45) is 0 Å². The molecule has 26 heavy (non-hydrogen) atoms. The first-order valence-corrected chi connectivity index (χ1v) is 7.85.